The van der Waals surface area contributed by atoms with Crippen molar-refractivity contribution in [3.05, 3.63) is 33.0 Å². The molecule has 0 aromatic heterocycles. The monoisotopic (exact) mass is 236 g/mol. The first kappa shape index (κ1) is 9.01. The van der Waals surface area contributed by atoms with Crippen molar-refractivity contribution in [2.45, 2.75) is 13.3 Å². The second kappa shape index (κ2) is 3.55. The molecular weight excluding hydrogens is 230 g/mol. The molecule has 0 saturated heterocycles. The van der Waals surface area contributed by atoms with Crippen molar-refractivity contribution in [3.8, 4) is 0 Å². The summed E-state index contributed by atoms with van der Waals surface area (Å²) in [4.78, 5) is 0. The molecule has 0 fully saturated rings. The van der Waals surface area contributed by atoms with Crippen LogP contribution in [0.5, 0.6) is 0 Å². The molecule has 1 aromatic carbocycles. The molecule has 0 heterocycles. The molecule has 60 valence electrons. The SMILES string of the molecule is CCc1c(F)cc(Cl)cc1Br. The topological polar surface area (TPSA) is 0 Å². The molecular formula is C8H7BrClF. The van der Waals surface area contributed by atoms with Gasteiger partial charge in [0.05, 0.1) is 0 Å². The van der Waals surface area contributed by atoms with Crippen LogP contribution in [0.25, 0.3) is 0 Å². The first-order valence-electron chi connectivity index (χ1n) is 3.28. The molecule has 1 rings (SSSR count). The van der Waals surface area contributed by atoms with Crippen LogP contribution in [-0.2, 0) is 6.42 Å². The number of halogens is 3. The molecule has 0 bridgehead atoms. The van der Waals surface area contributed by atoms with Gasteiger partial charge in [-0.05, 0) is 18.6 Å². The van der Waals surface area contributed by atoms with E-state index in [0.717, 1.165) is 4.47 Å². The van der Waals surface area contributed by atoms with E-state index in [1.165, 1.54) is 6.07 Å². The summed E-state index contributed by atoms with van der Waals surface area (Å²) in [7, 11) is 0. The summed E-state index contributed by atoms with van der Waals surface area (Å²) < 4.78 is 13.7. The van der Waals surface area contributed by atoms with E-state index in [1.807, 2.05) is 6.92 Å². The third-order valence-corrected chi connectivity index (χ3v) is 2.39. The molecule has 0 N–H and O–H groups in total. The largest absolute Gasteiger partial charge is 0.207 e. The van der Waals surface area contributed by atoms with Crippen LogP contribution >= 0.6 is 27.5 Å². The number of hydrogen-bond acceptors (Lipinski definition) is 0. The van der Waals surface area contributed by atoms with Gasteiger partial charge in [0.2, 0.25) is 0 Å². The van der Waals surface area contributed by atoms with Gasteiger partial charge in [-0.25, -0.2) is 4.39 Å². The fraction of sp³-hybridized carbons (Fsp3) is 0.250. The predicted octanol–water partition coefficient (Wildman–Crippen LogP) is 3.80. The maximum Gasteiger partial charge on any atom is 0.128 e. The predicted molar refractivity (Wildman–Crippen MR) is 48.5 cm³/mol. The van der Waals surface area contributed by atoms with Gasteiger partial charge >= 0.3 is 0 Å². The van der Waals surface area contributed by atoms with E-state index >= 15 is 0 Å². The molecule has 0 atom stereocenters. The quantitative estimate of drug-likeness (QED) is 0.697. The fourth-order valence-electron chi connectivity index (χ4n) is 0.910. The minimum atomic E-state index is -0.244. The molecule has 0 aliphatic heterocycles. The van der Waals surface area contributed by atoms with Gasteiger partial charge in [0.15, 0.2) is 0 Å². The Hall–Kier alpha value is -0.0800. The Bertz CT molecular complexity index is 250. The fourth-order valence-corrected chi connectivity index (χ4v) is 1.96. The maximum atomic E-state index is 13.0. The highest BCUT2D eigenvalue weighted by molar-refractivity contribution is 9.10. The molecule has 0 radical (unpaired) electrons. The minimum Gasteiger partial charge on any atom is -0.207 e. The van der Waals surface area contributed by atoms with Crippen LogP contribution in [0.15, 0.2) is 16.6 Å². The third-order valence-electron chi connectivity index (χ3n) is 1.46. The summed E-state index contributed by atoms with van der Waals surface area (Å²) in [6.07, 6.45) is 0.670. The molecule has 0 aliphatic rings. The molecule has 3 heteroatoms. The minimum absolute atomic E-state index is 0.244. The highest BCUT2D eigenvalue weighted by atomic mass is 79.9. The van der Waals surface area contributed by atoms with E-state index in [9.17, 15) is 4.39 Å². The van der Waals surface area contributed by atoms with Gasteiger partial charge in [0.25, 0.3) is 0 Å². The standard InChI is InChI=1S/C8H7BrClF/c1-2-6-7(9)3-5(10)4-8(6)11/h3-4H,2H2,1H3. The van der Waals surface area contributed by atoms with Crippen LogP contribution in [0, 0.1) is 5.82 Å². The molecule has 0 amide bonds. The maximum absolute atomic E-state index is 13.0. The lowest BCUT2D eigenvalue weighted by Gasteiger charge is -2.02. The van der Waals surface area contributed by atoms with E-state index in [2.05, 4.69) is 15.9 Å². The number of benzene rings is 1. The van der Waals surface area contributed by atoms with Crippen molar-refractivity contribution < 1.29 is 4.39 Å². The normalized spacial score (nSPS) is 10.2. The zero-order chi connectivity index (χ0) is 8.43. The van der Waals surface area contributed by atoms with Crippen LogP contribution in [0.2, 0.25) is 5.02 Å². The van der Waals surface area contributed by atoms with E-state index in [-0.39, 0.29) is 5.82 Å². The Balaban J connectivity index is 3.25. The second-order valence-electron chi connectivity index (χ2n) is 2.20. The van der Waals surface area contributed by atoms with E-state index in [0.29, 0.717) is 17.0 Å². The van der Waals surface area contributed by atoms with Crippen molar-refractivity contribution >= 4 is 27.5 Å². The Morgan fingerprint density at radius 2 is 2.18 bits per heavy atom. The highest BCUT2D eigenvalue weighted by Crippen LogP contribution is 2.24. The third kappa shape index (κ3) is 1.94. The van der Waals surface area contributed by atoms with E-state index < -0.39 is 0 Å². The summed E-state index contributed by atoms with van der Waals surface area (Å²) in [5, 5.41) is 0.423. The van der Waals surface area contributed by atoms with Gasteiger partial charge in [0, 0.05) is 15.1 Å². The van der Waals surface area contributed by atoms with Crippen molar-refractivity contribution in [3.63, 3.8) is 0 Å². The molecule has 0 saturated carbocycles. The van der Waals surface area contributed by atoms with Crippen LogP contribution < -0.4 is 0 Å². The smallest absolute Gasteiger partial charge is 0.128 e. The molecule has 0 unspecified atom stereocenters. The first-order valence-corrected chi connectivity index (χ1v) is 4.45. The Kier molecular flexibility index (Phi) is 2.90. The zero-order valence-electron chi connectivity index (χ0n) is 6.00. The van der Waals surface area contributed by atoms with Crippen LogP contribution in [0.3, 0.4) is 0 Å². The summed E-state index contributed by atoms with van der Waals surface area (Å²) in [6.45, 7) is 1.90. The molecule has 11 heavy (non-hydrogen) atoms. The summed E-state index contributed by atoms with van der Waals surface area (Å²) in [6, 6.07) is 3.02. The van der Waals surface area contributed by atoms with E-state index in [4.69, 9.17) is 11.6 Å². The van der Waals surface area contributed by atoms with Gasteiger partial charge in [-0.15, -0.1) is 0 Å². The summed E-state index contributed by atoms with van der Waals surface area (Å²) in [5.41, 5.74) is 0.675. The molecule has 0 aliphatic carbocycles. The van der Waals surface area contributed by atoms with Gasteiger partial charge < -0.3 is 0 Å². The average molecular weight is 237 g/mol. The van der Waals surface area contributed by atoms with Crippen LogP contribution in [0.1, 0.15) is 12.5 Å². The van der Waals surface area contributed by atoms with Crippen LogP contribution in [0.4, 0.5) is 4.39 Å². The summed E-state index contributed by atoms with van der Waals surface area (Å²) >= 11 is 8.84. The summed E-state index contributed by atoms with van der Waals surface area (Å²) in [5.74, 6) is -0.244. The average Bonchev–Trinajstić information content (AvgIpc) is 1.85. The second-order valence-corrected chi connectivity index (χ2v) is 3.49. The zero-order valence-corrected chi connectivity index (χ0v) is 8.34. The molecule has 0 nitrogen and oxygen atoms in total. The van der Waals surface area contributed by atoms with Gasteiger partial charge in [0.1, 0.15) is 5.82 Å². The lowest BCUT2D eigenvalue weighted by molar-refractivity contribution is 0.611. The van der Waals surface area contributed by atoms with Gasteiger partial charge in [-0.3, -0.25) is 0 Å². The lowest BCUT2D eigenvalue weighted by Crippen LogP contribution is -1.88. The Morgan fingerprint density at radius 1 is 1.55 bits per heavy atom. The van der Waals surface area contributed by atoms with Crippen molar-refractivity contribution in [1.29, 1.82) is 0 Å². The number of hydrogen-bond donors (Lipinski definition) is 0. The Labute approximate surface area is 78.5 Å². The van der Waals surface area contributed by atoms with Gasteiger partial charge in [-0.1, -0.05) is 34.5 Å². The highest BCUT2D eigenvalue weighted by Gasteiger charge is 2.05. The van der Waals surface area contributed by atoms with Crippen molar-refractivity contribution in [2.24, 2.45) is 0 Å². The van der Waals surface area contributed by atoms with Crippen molar-refractivity contribution in [1.82, 2.24) is 0 Å². The van der Waals surface area contributed by atoms with Crippen molar-refractivity contribution in [2.75, 3.05) is 0 Å². The molecule has 0 spiro atoms. The first-order chi connectivity index (χ1) is 5.15. The van der Waals surface area contributed by atoms with E-state index in [1.54, 1.807) is 6.07 Å². The lowest BCUT2D eigenvalue weighted by atomic mass is 10.2. The van der Waals surface area contributed by atoms with Crippen LogP contribution in [-0.4, -0.2) is 0 Å². The van der Waals surface area contributed by atoms with Gasteiger partial charge in [-0.2, -0.15) is 0 Å². The Morgan fingerprint density at radius 3 is 2.64 bits per heavy atom. The molecule has 1 aromatic rings. The number of rotatable bonds is 1.